The van der Waals surface area contributed by atoms with Crippen molar-refractivity contribution in [1.29, 1.82) is 0 Å². The van der Waals surface area contributed by atoms with Gasteiger partial charge in [0.2, 0.25) is 0 Å². The summed E-state index contributed by atoms with van der Waals surface area (Å²) in [6, 6.07) is 8.43. The summed E-state index contributed by atoms with van der Waals surface area (Å²) in [7, 11) is 1.73. The predicted octanol–water partition coefficient (Wildman–Crippen LogP) is 4.39. The highest BCUT2D eigenvalue weighted by Gasteiger charge is 2.62. The fraction of sp³-hybridized carbons (Fsp3) is 0.654. The van der Waals surface area contributed by atoms with E-state index in [9.17, 15) is 14.4 Å². The molecule has 3 amide bonds. The van der Waals surface area contributed by atoms with Crippen LogP contribution >= 0.6 is 0 Å². The van der Waals surface area contributed by atoms with Crippen LogP contribution in [-0.2, 0) is 4.79 Å². The Labute approximate surface area is 191 Å². The van der Waals surface area contributed by atoms with Crippen LogP contribution in [-0.4, -0.2) is 59.2 Å². The number of imide groups is 1. The van der Waals surface area contributed by atoms with Crippen LogP contribution in [0.5, 0.6) is 0 Å². The number of amides is 3. The predicted molar refractivity (Wildman–Crippen MR) is 124 cm³/mol. The number of rotatable bonds is 4. The molecule has 3 aliphatic rings. The second-order valence-electron chi connectivity index (χ2n) is 10.1. The molecule has 1 spiro atoms. The minimum Gasteiger partial charge on any atom is -0.311 e. The average Bonchev–Trinajstić information content (AvgIpc) is 3.05. The summed E-state index contributed by atoms with van der Waals surface area (Å²) in [5, 5.41) is 3.69. The fourth-order valence-electron chi connectivity index (χ4n) is 6.37. The SMILES string of the molecule is CN1C(=O)N(CC(=O)c2ccccc2)C(=O)C1(C)C1NCCCC12CCCCCCCC2. The smallest absolute Gasteiger partial charge is 0.311 e. The summed E-state index contributed by atoms with van der Waals surface area (Å²) in [4.78, 5) is 42.7. The Morgan fingerprint density at radius 2 is 1.56 bits per heavy atom. The molecule has 1 saturated carbocycles. The van der Waals surface area contributed by atoms with Crippen molar-refractivity contribution in [3.05, 3.63) is 35.9 Å². The number of nitrogens with zero attached hydrogens (tertiary/aromatic N) is 2. The molecule has 2 saturated heterocycles. The number of hydrogen-bond acceptors (Lipinski definition) is 4. The van der Waals surface area contributed by atoms with E-state index in [0.29, 0.717) is 5.56 Å². The number of piperidine rings is 1. The van der Waals surface area contributed by atoms with E-state index in [1.54, 1.807) is 36.2 Å². The Hall–Kier alpha value is -2.21. The van der Waals surface area contributed by atoms with Crippen molar-refractivity contribution < 1.29 is 14.4 Å². The Bertz CT molecular complexity index is 845. The monoisotopic (exact) mass is 439 g/mol. The lowest BCUT2D eigenvalue weighted by molar-refractivity contribution is -0.136. The quantitative estimate of drug-likeness (QED) is 0.558. The van der Waals surface area contributed by atoms with Crippen molar-refractivity contribution in [3.8, 4) is 0 Å². The summed E-state index contributed by atoms with van der Waals surface area (Å²) in [6.07, 6.45) is 11.8. The van der Waals surface area contributed by atoms with Crippen LogP contribution in [0.2, 0.25) is 0 Å². The van der Waals surface area contributed by atoms with E-state index in [-0.39, 0.29) is 35.7 Å². The standard InChI is InChI=1S/C26H37N3O3/c1-25(22-26(17-12-18-27-22)15-10-5-3-4-6-11-16-26)23(31)29(24(32)28(25)2)19-21(30)20-13-8-7-9-14-20/h7-9,13-14,22,27H,3-6,10-12,15-19H2,1-2H3. The number of urea groups is 1. The van der Waals surface area contributed by atoms with Crippen LogP contribution < -0.4 is 5.32 Å². The van der Waals surface area contributed by atoms with E-state index in [1.165, 1.54) is 43.4 Å². The molecule has 0 radical (unpaired) electrons. The highest BCUT2D eigenvalue weighted by atomic mass is 16.2. The van der Waals surface area contributed by atoms with E-state index in [0.717, 1.165) is 32.2 Å². The zero-order valence-electron chi connectivity index (χ0n) is 19.6. The van der Waals surface area contributed by atoms with Gasteiger partial charge >= 0.3 is 6.03 Å². The molecule has 1 aromatic rings. The Balaban J connectivity index is 1.62. The summed E-state index contributed by atoms with van der Waals surface area (Å²) >= 11 is 0. The number of carbonyl (C=O) groups excluding carboxylic acids is 3. The van der Waals surface area contributed by atoms with Gasteiger partial charge in [-0.2, -0.15) is 0 Å². The summed E-state index contributed by atoms with van der Waals surface area (Å²) < 4.78 is 0. The maximum Gasteiger partial charge on any atom is 0.327 e. The third kappa shape index (κ3) is 3.98. The van der Waals surface area contributed by atoms with Crippen LogP contribution in [0.25, 0.3) is 0 Å². The molecule has 174 valence electrons. The minimum absolute atomic E-state index is 0.0149. The molecule has 1 N–H and O–H groups in total. The zero-order chi connectivity index (χ0) is 22.8. The second kappa shape index (κ2) is 9.34. The third-order valence-electron chi connectivity index (χ3n) is 8.26. The molecule has 6 heteroatoms. The molecule has 0 aromatic heterocycles. The van der Waals surface area contributed by atoms with Crippen molar-refractivity contribution >= 4 is 17.7 Å². The van der Waals surface area contributed by atoms with Gasteiger partial charge in [0.15, 0.2) is 5.78 Å². The largest absolute Gasteiger partial charge is 0.327 e. The van der Waals surface area contributed by atoms with Crippen molar-refractivity contribution in [2.45, 2.75) is 82.7 Å². The molecule has 6 nitrogen and oxygen atoms in total. The maximum atomic E-state index is 13.8. The van der Waals surface area contributed by atoms with Crippen molar-refractivity contribution in [1.82, 2.24) is 15.1 Å². The van der Waals surface area contributed by atoms with Crippen LogP contribution in [0.4, 0.5) is 4.79 Å². The summed E-state index contributed by atoms with van der Waals surface area (Å²) in [5.41, 5.74) is -0.448. The number of Topliss-reactive ketones (excluding diaryl/α,β-unsaturated/α-hetero) is 1. The van der Waals surface area contributed by atoms with Gasteiger partial charge in [-0.1, -0.05) is 68.9 Å². The number of ketones is 1. The fourth-order valence-corrected chi connectivity index (χ4v) is 6.37. The molecule has 1 aromatic carbocycles. The van der Waals surface area contributed by atoms with Gasteiger partial charge in [-0.15, -0.1) is 0 Å². The Morgan fingerprint density at radius 3 is 2.22 bits per heavy atom. The molecule has 2 atom stereocenters. The van der Waals surface area contributed by atoms with Crippen LogP contribution in [0.15, 0.2) is 30.3 Å². The van der Waals surface area contributed by atoms with E-state index >= 15 is 0 Å². The molecule has 1 aliphatic carbocycles. The van der Waals surface area contributed by atoms with Crippen molar-refractivity contribution in [2.24, 2.45) is 5.41 Å². The Morgan fingerprint density at radius 1 is 0.969 bits per heavy atom. The van der Waals surface area contributed by atoms with Gasteiger partial charge in [-0.05, 0) is 44.6 Å². The summed E-state index contributed by atoms with van der Waals surface area (Å²) in [6.45, 7) is 2.57. The van der Waals surface area contributed by atoms with E-state index in [1.807, 2.05) is 13.0 Å². The molecule has 32 heavy (non-hydrogen) atoms. The molecular formula is C26H37N3O3. The van der Waals surface area contributed by atoms with Gasteiger partial charge in [0, 0.05) is 18.7 Å². The molecule has 2 unspecified atom stereocenters. The molecular weight excluding hydrogens is 402 g/mol. The average molecular weight is 440 g/mol. The number of nitrogens with one attached hydrogen (secondary N) is 1. The van der Waals surface area contributed by atoms with Gasteiger partial charge in [-0.3, -0.25) is 14.5 Å². The van der Waals surface area contributed by atoms with Gasteiger partial charge in [-0.25, -0.2) is 4.79 Å². The first kappa shape index (κ1) is 23.0. The molecule has 4 rings (SSSR count). The number of hydrogen-bond donors (Lipinski definition) is 1. The van der Waals surface area contributed by atoms with Gasteiger partial charge in [0.05, 0.1) is 6.54 Å². The first-order chi connectivity index (χ1) is 15.4. The molecule has 3 fully saturated rings. The number of likely N-dealkylation sites (N-methyl/N-ethyl adjacent to an activating group) is 1. The van der Waals surface area contributed by atoms with Crippen molar-refractivity contribution in [3.63, 3.8) is 0 Å². The molecule has 2 heterocycles. The minimum atomic E-state index is -0.984. The molecule has 2 aliphatic heterocycles. The van der Waals surface area contributed by atoms with E-state index < -0.39 is 5.54 Å². The lowest BCUT2D eigenvalue weighted by atomic mass is 9.62. The van der Waals surface area contributed by atoms with Gasteiger partial charge in [0.1, 0.15) is 5.54 Å². The van der Waals surface area contributed by atoms with Crippen LogP contribution in [0.3, 0.4) is 0 Å². The lowest BCUT2D eigenvalue weighted by Crippen LogP contribution is -2.68. The van der Waals surface area contributed by atoms with Crippen LogP contribution in [0, 0.1) is 5.41 Å². The highest BCUT2D eigenvalue weighted by molar-refractivity contribution is 6.11. The highest BCUT2D eigenvalue weighted by Crippen LogP contribution is 2.49. The topological polar surface area (TPSA) is 69.7 Å². The molecule has 0 bridgehead atoms. The maximum absolute atomic E-state index is 13.8. The first-order valence-electron chi connectivity index (χ1n) is 12.3. The number of carbonyl (C=O) groups is 3. The van der Waals surface area contributed by atoms with Gasteiger partial charge < -0.3 is 10.2 Å². The number of benzene rings is 1. The second-order valence-corrected chi connectivity index (χ2v) is 10.1. The summed E-state index contributed by atoms with van der Waals surface area (Å²) in [5.74, 6) is -0.452. The van der Waals surface area contributed by atoms with Crippen molar-refractivity contribution in [2.75, 3.05) is 20.1 Å². The first-order valence-corrected chi connectivity index (χ1v) is 12.3. The Kier molecular flexibility index (Phi) is 6.70. The van der Waals surface area contributed by atoms with Crippen LogP contribution in [0.1, 0.15) is 81.5 Å². The van der Waals surface area contributed by atoms with Gasteiger partial charge in [0.25, 0.3) is 5.91 Å². The lowest BCUT2D eigenvalue weighted by Gasteiger charge is -2.52. The normalized spacial score (nSPS) is 29.0. The third-order valence-corrected chi connectivity index (χ3v) is 8.26. The van der Waals surface area contributed by atoms with E-state index in [2.05, 4.69) is 5.32 Å². The zero-order valence-corrected chi connectivity index (χ0v) is 19.6. The van der Waals surface area contributed by atoms with E-state index in [4.69, 9.17) is 0 Å².